The minimum atomic E-state index is -0.583. The number of carbonyl (C=O) groups excluding carboxylic acids is 1. The second kappa shape index (κ2) is 6.38. The van der Waals surface area contributed by atoms with Gasteiger partial charge in [0.25, 0.3) is 0 Å². The Hall–Kier alpha value is -2.09. The van der Waals surface area contributed by atoms with Crippen LogP contribution in [0.15, 0.2) is 6.33 Å². The van der Waals surface area contributed by atoms with Crippen LogP contribution < -0.4 is 21.1 Å². The van der Waals surface area contributed by atoms with Crippen LogP contribution in [0.4, 0.5) is 11.5 Å². The summed E-state index contributed by atoms with van der Waals surface area (Å²) in [6.07, 6.45) is 2.21. The molecule has 8 heteroatoms. The molecular weight excluding hydrogens is 262 g/mol. The van der Waals surface area contributed by atoms with E-state index in [4.69, 9.17) is 20.9 Å². The smallest absolute Gasteiger partial charge is 0.242 e. The number of hydrogen-bond acceptors (Lipinski definition) is 7. The standard InChI is InChI=1S/C12H19N5O3/c1-2-4-20-12-9(13)11(15-7-16-12)17-3-5-19-6-8(17)10(14)18/h7-8H,2-6,13H2,1H3,(H2,14,18). The van der Waals surface area contributed by atoms with Crippen molar-refractivity contribution >= 4 is 17.4 Å². The van der Waals surface area contributed by atoms with E-state index < -0.39 is 11.9 Å². The van der Waals surface area contributed by atoms with Crippen LogP contribution in [0.5, 0.6) is 5.88 Å². The highest BCUT2D eigenvalue weighted by Gasteiger charge is 2.30. The van der Waals surface area contributed by atoms with E-state index in [9.17, 15) is 4.79 Å². The quantitative estimate of drug-likeness (QED) is 0.749. The molecule has 1 amide bonds. The molecule has 8 nitrogen and oxygen atoms in total. The molecule has 1 aromatic rings. The number of nitrogen functional groups attached to an aromatic ring is 1. The third-order valence-corrected chi connectivity index (χ3v) is 3.00. The number of nitrogens with two attached hydrogens (primary N) is 2. The number of nitrogens with zero attached hydrogens (tertiary/aromatic N) is 3. The third kappa shape index (κ3) is 2.90. The van der Waals surface area contributed by atoms with E-state index in [0.29, 0.717) is 37.1 Å². The van der Waals surface area contributed by atoms with Crippen molar-refractivity contribution in [2.24, 2.45) is 5.73 Å². The molecule has 20 heavy (non-hydrogen) atoms. The number of rotatable bonds is 5. The Labute approximate surface area is 117 Å². The van der Waals surface area contributed by atoms with Crippen molar-refractivity contribution in [1.82, 2.24) is 9.97 Å². The first-order valence-electron chi connectivity index (χ1n) is 6.52. The van der Waals surface area contributed by atoms with Gasteiger partial charge in [0.05, 0.1) is 19.8 Å². The number of carbonyl (C=O) groups is 1. The van der Waals surface area contributed by atoms with Gasteiger partial charge in [0.15, 0.2) is 5.82 Å². The number of anilines is 2. The Morgan fingerprint density at radius 2 is 2.40 bits per heavy atom. The molecule has 0 aromatic carbocycles. The van der Waals surface area contributed by atoms with Crippen molar-refractivity contribution < 1.29 is 14.3 Å². The summed E-state index contributed by atoms with van der Waals surface area (Å²) in [5, 5.41) is 0. The fourth-order valence-corrected chi connectivity index (χ4v) is 2.01. The summed E-state index contributed by atoms with van der Waals surface area (Å²) in [7, 11) is 0. The summed E-state index contributed by atoms with van der Waals surface area (Å²) in [6.45, 7) is 3.71. The Balaban J connectivity index is 2.28. The van der Waals surface area contributed by atoms with Gasteiger partial charge in [-0.15, -0.1) is 0 Å². The Bertz CT molecular complexity index is 482. The molecule has 0 bridgehead atoms. The van der Waals surface area contributed by atoms with Gasteiger partial charge < -0.3 is 25.8 Å². The molecule has 0 radical (unpaired) electrons. The van der Waals surface area contributed by atoms with Crippen LogP contribution in [0.2, 0.25) is 0 Å². The van der Waals surface area contributed by atoms with E-state index in [-0.39, 0.29) is 6.61 Å². The molecule has 1 fully saturated rings. The van der Waals surface area contributed by atoms with Gasteiger partial charge in [-0.1, -0.05) is 6.92 Å². The first-order valence-corrected chi connectivity index (χ1v) is 6.52. The van der Waals surface area contributed by atoms with Gasteiger partial charge in [-0.05, 0) is 6.42 Å². The van der Waals surface area contributed by atoms with Gasteiger partial charge in [-0.3, -0.25) is 4.79 Å². The van der Waals surface area contributed by atoms with Crippen LogP contribution in [-0.4, -0.2) is 48.3 Å². The Morgan fingerprint density at radius 1 is 1.60 bits per heavy atom. The van der Waals surface area contributed by atoms with E-state index in [1.165, 1.54) is 6.33 Å². The molecule has 1 atom stereocenters. The van der Waals surface area contributed by atoms with Crippen LogP contribution in [0.3, 0.4) is 0 Å². The lowest BCUT2D eigenvalue weighted by Crippen LogP contribution is -2.53. The van der Waals surface area contributed by atoms with Crippen molar-refractivity contribution in [3.05, 3.63) is 6.33 Å². The minimum absolute atomic E-state index is 0.226. The number of aromatic nitrogens is 2. The van der Waals surface area contributed by atoms with Crippen molar-refractivity contribution in [1.29, 1.82) is 0 Å². The maximum atomic E-state index is 11.5. The molecule has 1 aromatic heterocycles. The van der Waals surface area contributed by atoms with Gasteiger partial charge in [0, 0.05) is 6.54 Å². The van der Waals surface area contributed by atoms with Crippen molar-refractivity contribution in [2.45, 2.75) is 19.4 Å². The number of primary amides is 1. The highest BCUT2D eigenvalue weighted by atomic mass is 16.5. The van der Waals surface area contributed by atoms with Crippen LogP contribution >= 0.6 is 0 Å². The average molecular weight is 281 g/mol. The van der Waals surface area contributed by atoms with E-state index in [2.05, 4.69) is 9.97 Å². The van der Waals surface area contributed by atoms with Gasteiger partial charge >= 0.3 is 0 Å². The molecule has 2 heterocycles. The highest BCUT2D eigenvalue weighted by Crippen LogP contribution is 2.30. The molecule has 0 aliphatic carbocycles. The summed E-state index contributed by atoms with van der Waals surface area (Å²) in [4.78, 5) is 21.4. The average Bonchev–Trinajstić information content (AvgIpc) is 2.46. The maximum absolute atomic E-state index is 11.5. The highest BCUT2D eigenvalue weighted by molar-refractivity contribution is 5.85. The molecule has 0 saturated carbocycles. The van der Waals surface area contributed by atoms with E-state index in [1.807, 2.05) is 6.92 Å². The molecule has 1 saturated heterocycles. The Kier molecular flexibility index (Phi) is 4.57. The molecular formula is C12H19N5O3. The fraction of sp³-hybridized carbons (Fsp3) is 0.583. The summed E-state index contributed by atoms with van der Waals surface area (Å²) in [6, 6.07) is -0.583. The largest absolute Gasteiger partial charge is 0.476 e. The molecule has 1 aliphatic heterocycles. The summed E-state index contributed by atoms with van der Waals surface area (Å²) >= 11 is 0. The van der Waals surface area contributed by atoms with E-state index in [1.54, 1.807) is 4.90 Å². The zero-order chi connectivity index (χ0) is 14.5. The number of amides is 1. The van der Waals surface area contributed by atoms with Crippen LogP contribution in [0.25, 0.3) is 0 Å². The summed E-state index contributed by atoms with van der Waals surface area (Å²) < 4.78 is 10.7. The fourth-order valence-electron chi connectivity index (χ4n) is 2.01. The zero-order valence-corrected chi connectivity index (χ0v) is 11.4. The molecule has 110 valence electrons. The first-order chi connectivity index (χ1) is 9.65. The Morgan fingerprint density at radius 3 is 3.10 bits per heavy atom. The lowest BCUT2D eigenvalue weighted by atomic mass is 10.2. The van der Waals surface area contributed by atoms with Crippen molar-refractivity contribution in [2.75, 3.05) is 37.0 Å². The molecule has 0 spiro atoms. The molecule has 4 N–H and O–H groups in total. The third-order valence-electron chi connectivity index (χ3n) is 3.00. The number of hydrogen-bond donors (Lipinski definition) is 2. The summed E-state index contributed by atoms with van der Waals surface area (Å²) in [5.41, 5.74) is 11.7. The van der Waals surface area contributed by atoms with E-state index in [0.717, 1.165) is 6.42 Å². The van der Waals surface area contributed by atoms with Crippen LogP contribution in [-0.2, 0) is 9.53 Å². The molecule has 2 rings (SSSR count). The second-order valence-electron chi connectivity index (χ2n) is 4.45. The predicted molar refractivity (Wildman–Crippen MR) is 73.4 cm³/mol. The second-order valence-corrected chi connectivity index (χ2v) is 4.45. The van der Waals surface area contributed by atoms with Gasteiger partial charge in [-0.25, -0.2) is 4.98 Å². The number of ether oxygens (including phenoxy) is 2. The van der Waals surface area contributed by atoms with E-state index >= 15 is 0 Å². The SMILES string of the molecule is CCCOc1ncnc(N2CCOCC2C(N)=O)c1N. The maximum Gasteiger partial charge on any atom is 0.242 e. The first kappa shape index (κ1) is 14.3. The minimum Gasteiger partial charge on any atom is -0.476 e. The summed E-state index contributed by atoms with van der Waals surface area (Å²) in [5.74, 6) is 0.309. The topological polar surface area (TPSA) is 117 Å². The van der Waals surface area contributed by atoms with Crippen LogP contribution in [0, 0.1) is 0 Å². The zero-order valence-electron chi connectivity index (χ0n) is 11.4. The van der Waals surface area contributed by atoms with Crippen molar-refractivity contribution in [3.8, 4) is 5.88 Å². The molecule has 1 aliphatic rings. The number of morpholine rings is 1. The predicted octanol–water partition coefficient (Wildman–Crippen LogP) is -0.462. The van der Waals surface area contributed by atoms with Crippen molar-refractivity contribution in [3.63, 3.8) is 0 Å². The van der Waals surface area contributed by atoms with Gasteiger partial charge in [0.2, 0.25) is 11.8 Å². The van der Waals surface area contributed by atoms with Crippen LogP contribution in [0.1, 0.15) is 13.3 Å². The lowest BCUT2D eigenvalue weighted by Gasteiger charge is -2.34. The lowest BCUT2D eigenvalue weighted by molar-refractivity contribution is -0.121. The normalized spacial score (nSPS) is 18.9. The molecule has 1 unspecified atom stereocenters. The monoisotopic (exact) mass is 281 g/mol. The van der Waals surface area contributed by atoms with Gasteiger partial charge in [-0.2, -0.15) is 4.98 Å². The van der Waals surface area contributed by atoms with Gasteiger partial charge in [0.1, 0.15) is 18.1 Å².